The van der Waals surface area contributed by atoms with Crippen molar-refractivity contribution < 1.29 is 4.74 Å². The second-order valence-corrected chi connectivity index (χ2v) is 2.77. The number of ether oxygens (including phenoxy) is 1. The van der Waals surface area contributed by atoms with Crippen molar-refractivity contribution in [1.82, 2.24) is 0 Å². The predicted octanol–water partition coefficient (Wildman–Crippen LogP) is 3.42. The van der Waals surface area contributed by atoms with Crippen LogP contribution in [0, 0.1) is 0 Å². The molecule has 0 heterocycles. The van der Waals surface area contributed by atoms with Crippen LogP contribution in [0.5, 0.6) is 0 Å². The van der Waals surface area contributed by atoms with Crippen LogP contribution in [0.4, 0.5) is 0 Å². The molecule has 14 heavy (non-hydrogen) atoms. The third-order valence-electron chi connectivity index (χ3n) is 1.76. The molecule has 1 rings (SSSR count). The highest BCUT2D eigenvalue weighted by Gasteiger charge is 1.95. The summed E-state index contributed by atoms with van der Waals surface area (Å²) < 4.78 is 5.01. The lowest BCUT2D eigenvalue weighted by Crippen LogP contribution is -1.81. The van der Waals surface area contributed by atoms with Gasteiger partial charge in [-0.15, -0.1) is 0 Å². The molecule has 0 unspecified atom stereocenters. The second kappa shape index (κ2) is 5.81. The molecule has 1 nitrogen and oxygen atoms in total. The Kier molecular flexibility index (Phi) is 4.29. The number of hydrogen-bond donors (Lipinski definition) is 0. The van der Waals surface area contributed by atoms with Crippen molar-refractivity contribution in [1.29, 1.82) is 0 Å². The summed E-state index contributed by atoms with van der Waals surface area (Å²) in [4.78, 5) is 0. The molecular formula is C13H14O. The maximum Gasteiger partial charge on any atom is 0.0903 e. The molecule has 1 aromatic carbocycles. The number of hydrogen-bond acceptors (Lipinski definition) is 1. The van der Waals surface area contributed by atoms with Crippen LogP contribution in [0.1, 0.15) is 5.56 Å². The minimum atomic E-state index is 1.04. The van der Waals surface area contributed by atoms with Crippen LogP contribution in [-0.4, -0.2) is 7.11 Å². The average molecular weight is 186 g/mol. The van der Waals surface area contributed by atoms with Crippen molar-refractivity contribution in [2.45, 2.75) is 0 Å². The summed E-state index contributed by atoms with van der Waals surface area (Å²) in [7, 11) is 1.64. The molecule has 0 N–H and O–H groups in total. The molecule has 0 amide bonds. The standard InChI is InChI=1S/C13H14O/c1-3-4-8-13(11-14-2)12-9-6-5-7-10-12/h3-11H,1H2,2H3/b8-4+,13-11-. The van der Waals surface area contributed by atoms with E-state index in [0.29, 0.717) is 0 Å². The number of methoxy groups -OCH3 is 1. The lowest BCUT2D eigenvalue weighted by Gasteiger charge is -2.01. The van der Waals surface area contributed by atoms with Gasteiger partial charge in [-0.2, -0.15) is 0 Å². The largest absolute Gasteiger partial charge is 0.504 e. The Morgan fingerprint density at radius 3 is 2.57 bits per heavy atom. The van der Waals surface area contributed by atoms with E-state index in [9.17, 15) is 0 Å². The SMILES string of the molecule is C=C/C=C/C(=C/OC)c1ccccc1. The fourth-order valence-corrected chi connectivity index (χ4v) is 1.13. The van der Waals surface area contributed by atoms with Gasteiger partial charge in [-0.3, -0.25) is 0 Å². The van der Waals surface area contributed by atoms with Crippen LogP contribution in [0.15, 0.2) is 61.4 Å². The summed E-state index contributed by atoms with van der Waals surface area (Å²) in [6.45, 7) is 3.63. The lowest BCUT2D eigenvalue weighted by molar-refractivity contribution is 0.340. The number of rotatable bonds is 4. The van der Waals surface area contributed by atoms with Crippen molar-refractivity contribution in [2.75, 3.05) is 7.11 Å². The quantitative estimate of drug-likeness (QED) is 0.517. The van der Waals surface area contributed by atoms with E-state index in [1.165, 1.54) is 0 Å². The van der Waals surface area contributed by atoms with Gasteiger partial charge in [-0.25, -0.2) is 0 Å². The highest BCUT2D eigenvalue weighted by Crippen LogP contribution is 2.15. The van der Waals surface area contributed by atoms with E-state index in [0.717, 1.165) is 11.1 Å². The zero-order valence-corrected chi connectivity index (χ0v) is 8.31. The van der Waals surface area contributed by atoms with Crippen LogP contribution in [0.25, 0.3) is 5.57 Å². The highest BCUT2D eigenvalue weighted by molar-refractivity contribution is 5.73. The van der Waals surface area contributed by atoms with Gasteiger partial charge < -0.3 is 4.74 Å². The van der Waals surface area contributed by atoms with E-state index in [2.05, 4.69) is 6.58 Å². The fourth-order valence-electron chi connectivity index (χ4n) is 1.13. The minimum absolute atomic E-state index is 1.04. The molecule has 0 aliphatic heterocycles. The first-order valence-corrected chi connectivity index (χ1v) is 4.46. The highest BCUT2D eigenvalue weighted by atomic mass is 16.5. The monoisotopic (exact) mass is 186 g/mol. The topological polar surface area (TPSA) is 9.23 Å². The molecule has 0 spiro atoms. The van der Waals surface area contributed by atoms with Gasteiger partial charge in [0.05, 0.1) is 13.4 Å². The first kappa shape index (κ1) is 10.3. The van der Waals surface area contributed by atoms with Crippen LogP contribution < -0.4 is 0 Å². The fraction of sp³-hybridized carbons (Fsp3) is 0.0769. The molecule has 0 saturated heterocycles. The van der Waals surface area contributed by atoms with E-state index >= 15 is 0 Å². The summed E-state index contributed by atoms with van der Waals surface area (Å²) >= 11 is 0. The second-order valence-electron chi connectivity index (χ2n) is 2.77. The zero-order chi connectivity index (χ0) is 10.2. The Morgan fingerprint density at radius 2 is 2.00 bits per heavy atom. The van der Waals surface area contributed by atoms with E-state index in [1.807, 2.05) is 42.5 Å². The molecule has 0 fully saturated rings. The number of benzene rings is 1. The van der Waals surface area contributed by atoms with Gasteiger partial charge in [0, 0.05) is 5.57 Å². The van der Waals surface area contributed by atoms with Crippen LogP contribution in [0.3, 0.4) is 0 Å². The molecule has 1 heteroatoms. The molecule has 0 bridgehead atoms. The van der Waals surface area contributed by atoms with Gasteiger partial charge in [-0.1, -0.05) is 55.1 Å². The molecule has 0 saturated carbocycles. The third kappa shape index (κ3) is 2.94. The Labute approximate surface area is 85.0 Å². The molecule has 1 aromatic rings. The van der Waals surface area contributed by atoms with Crippen molar-refractivity contribution in [3.63, 3.8) is 0 Å². The van der Waals surface area contributed by atoms with Crippen LogP contribution >= 0.6 is 0 Å². The van der Waals surface area contributed by atoms with E-state index in [1.54, 1.807) is 19.4 Å². The summed E-state index contributed by atoms with van der Waals surface area (Å²) in [6.07, 6.45) is 7.31. The molecule has 0 aliphatic rings. The molecule has 0 atom stereocenters. The van der Waals surface area contributed by atoms with E-state index in [-0.39, 0.29) is 0 Å². The molecule has 0 aliphatic carbocycles. The van der Waals surface area contributed by atoms with Crippen LogP contribution in [0.2, 0.25) is 0 Å². The normalized spacial score (nSPS) is 11.6. The Morgan fingerprint density at radius 1 is 1.29 bits per heavy atom. The Bertz CT molecular complexity index is 334. The van der Waals surface area contributed by atoms with Gasteiger partial charge in [0.2, 0.25) is 0 Å². The Hall–Kier alpha value is -1.76. The maximum absolute atomic E-state index is 5.01. The molecule has 0 aromatic heterocycles. The Balaban J connectivity index is 2.95. The smallest absolute Gasteiger partial charge is 0.0903 e. The first-order valence-electron chi connectivity index (χ1n) is 4.46. The lowest BCUT2D eigenvalue weighted by atomic mass is 10.1. The minimum Gasteiger partial charge on any atom is -0.504 e. The van der Waals surface area contributed by atoms with E-state index in [4.69, 9.17) is 4.74 Å². The molecular weight excluding hydrogens is 172 g/mol. The third-order valence-corrected chi connectivity index (χ3v) is 1.76. The van der Waals surface area contributed by atoms with Gasteiger partial charge in [0.25, 0.3) is 0 Å². The van der Waals surface area contributed by atoms with Crippen LogP contribution in [-0.2, 0) is 4.74 Å². The average Bonchev–Trinajstić information content (AvgIpc) is 2.25. The summed E-state index contributed by atoms with van der Waals surface area (Å²) in [5, 5.41) is 0. The predicted molar refractivity (Wildman–Crippen MR) is 60.8 cm³/mol. The van der Waals surface area contributed by atoms with Crippen molar-refractivity contribution in [3.8, 4) is 0 Å². The number of allylic oxidation sites excluding steroid dienone is 4. The van der Waals surface area contributed by atoms with Crippen molar-refractivity contribution >= 4 is 5.57 Å². The first-order chi connectivity index (χ1) is 6.88. The van der Waals surface area contributed by atoms with Crippen molar-refractivity contribution in [3.05, 3.63) is 67.0 Å². The summed E-state index contributed by atoms with van der Waals surface area (Å²) in [5.41, 5.74) is 2.17. The maximum atomic E-state index is 5.01. The van der Waals surface area contributed by atoms with Gasteiger partial charge in [-0.05, 0) is 5.56 Å². The zero-order valence-electron chi connectivity index (χ0n) is 8.31. The van der Waals surface area contributed by atoms with Gasteiger partial charge >= 0.3 is 0 Å². The van der Waals surface area contributed by atoms with Crippen molar-refractivity contribution in [2.24, 2.45) is 0 Å². The van der Waals surface area contributed by atoms with E-state index < -0.39 is 0 Å². The summed E-state index contributed by atoms with van der Waals surface area (Å²) in [5.74, 6) is 0. The summed E-state index contributed by atoms with van der Waals surface area (Å²) in [6, 6.07) is 10.1. The van der Waals surface area contributed by atoms with Gasteiger partial charge in [0.1, 0.15) is 0 Å². The van der Waals surface area contributed by atoms with Gasteiger partial charge in [0.15, 0.2) is 0 Å². The molecule has 0 radical (unpaired) electrons. The molecule has 72 valence electrons.